The lowest BCUT2D eigenvalue weighted by molar-refractivity contribution is -0.193. The zero-order valence-electron chi connectivity index (χ0n) is 38.7. The predicted octanol–water partition coefficient (Wildman–Crippen LogP) is 8.42. The molecule has 7 rings (SSSR count). The summed E-state index contributed by atoms with van der Waals surface area (Å²) >= 11 is 0. The fourth-order valence-electron chi connectivity index (χ4n) is 6.35. The van der Waals surface area contributed by atoms with Crippen LogP contribution in [-0.4, -0.2) is 63.2 Å². The van der Waals surface area contributed by atoms with Gasteiger partial charge in [-0.15, -0.1) is 0 Å². The smallest absolute Gasteiger partial charge is 0.373 e. The number of aromatic carboxylic acids is 1. The number of aromatic nitrogens is 3. The van der Waals surface area contributed by atoms with E-state index in [9.17, 15) is 19.2 Å². The Morgan fingerprint density at radius 2 is 0.841 bits per heavy atom. The van der Waals surface area contributed by atoms with Crippen molar-refractivity contribution in [2.75, 3.05) is 29.2 Å². The number of nitrogens with zero attached hydrogens (tertiary/aromatic N) is 3. The summed E-state index contributed by atoms with van der Waals surface area (Å²) in [6.07, 6.45) is 4.99. The van der Waals surface area contributed by atoms with Gasteiger partial charge in [-0.3, -0.25) is 19.6 Å². The fourth-order valence-corrected chi connectivity index (χ4v) is 6.35. The third-order valence-corrected chi connectivity index (χ3v) is 10.2. The molecule has 17 nitrogen and oxygen atoms in total. The quantitative estimate of drug-likeness (QED) is 0.0706. The molecule has 0 aliphatic heterocycles. The molecule has 3 heterocycles. The Bertz CT molecular complexity index is 2920. The molecule has 0 aliphatic carbocycles. The maximum atomic E-state index is 12.8. The van der Waals surface area contributed by atoms with E-state index in [0.717, 1.165) is 67.0 Å². The summed E-state index contributed by atoms with van der Waals surface area (Å²) in [7, 11) is 1.28. The molecular formula is C52H49N7O10. The van der Waals surface area contributed by atoms with Gasteiger partial charge in [-0.25, -0.2) is 14.6 Å². The Morgan fingerprint density at radius 3 is 1.17 bits per heavy atom. The minimum absolute atomic E-state index is 0.0885. The Labute approximate surface area is 397 Å². The van der Waals surface area contributed by atoms with Crippen LogP contribution in [-0.2, 0) is 23.9 Å². The molecule has 0 aliphatic rings. The average molecular weight is 932 g/mol. The summed E-state index contributed by atoms with van der Waals surface area (Å²) in [4.78, 5) is 91.9. The molecule has 0 fully saturated rings. The molecule has 0 atom stereocenters. The van der Waals surface area contributed by atoms with Gasteiger partial charge in [0.15, 0.2) is 0 Å². The molecule has 0 saturated heterocycles. The number of esters is 1. The van der Waals surface area contributed by atoms with Crippen LogP contribution < -0.4 is 22.1 Å². The highest BCUT2D eigenvalue weighted by atomic mass is 16.5. The number of methoxy groups -OCH3 is 1. The van der Waals surface area contributed by atoms with E-state index in [1.807, 2.05) is 108 Å². The van der Waals surface area contributed by atoms with Crippen molar-refractivity contribution in [1.29, 1.82) is 0 Å². The van der Waals surface area contributed by atoms with Gasteiger partial charge in [-0.2, -0.15) is 19.2 Å². The summed E-state index contributed by atoms with van der Waals surface area (Å²) in [5, 5.41) is 14.3. The highest BCUT2D eigenvalue weighted by molar-refractivity contribution is 6.05. The van der Waals surface area contributed by atoms with Crippen LogP contribution in [0, 0.1) is 41.5 Å². The number of carbonyl (C=O) groups excluding carboxylic acids is 7. The number of nitrogens with one attached hydrogen (secondary N) is 2. The second-order valence-electron chi connectivity index (χ2n) is 14.7. The maximum absolute atomic E-state index is 12.8. The van der Waals surface area contributed by atoms with Crippen molar-refractivity contribution < 1.29 is 48.2 Å². The summed E-state index contributed by atoms with van der Waals surface area (Å²) in [5.41, 5.74) is 25.7. The van der Waals surface area contributed by atoms with Crippen LogP contribution in [0.15, 0.2) is 128 Å². The highest BCUT2D eigenvalue weighted by Crippen LogP contribution is 2.34. The number of hydrogen-bond acceptors (Lipinski definition) is 14. The van der Waals surface area contributed by atoms with Gasteiger partial charge in [0, 0.05) is 41.3 Å². The van der Waals surface area contributed by atoms with E-state index in [4.69, 9.17) is 35.8 Å². The lowest BCUT2D eigenvalue weighted by Crippen LogP contribution is -2.15. The monoisotopic (exact) mass is 931 g/mol. The zero-order valence-corrected chi connectivity index (χ0v) is 38.7. The standard InChI is InChI=1S/C29H26N4O4.C14H16N2.C7H7NO2.2CO2/c1-17-11-13-25(30-15-17)27(34)32-23-9-5-7-21(18(23)2)22-8-6-10-24(19(22)3)33-28(35)26-14-12-20(16-31-26)29(36)37-4;1-9-11(5-3-7-13(9)15)12-6-4-8-14(16)10(12)2;1-5-2-3-6(7(9)10)8-4-5;2*2-1-3/h5-16H,1-4H3,(H,32,34)(H,33,35);3-8H,15-16H2,1-2H3;2-4H,1H3,(H,9,10);;. The van der Waals surface area contributed by atoms with E-state index in [0.29, 0.717) is 17.1 Å². The number of carbonyl (C=O) groups is 4. The molecule has 17 heteroatoms. The van der Waals surface area contributed by atoms with Crippen molar-refractivity contribution >= 4 is 58.8 Å². The summed E-state index contributed by atoms with van der Waals surface area (Å²) in [6.45, 7) is 11.7. The van der Waals surface area contributed by atoms with E-state index >= 15 is 0 Å². The van der Waals surface area contributed by atoms with Crippen molar-refractivity contribution in [2.24, 2.45) is 0 Å². The number of carboxylic acids is 1. The number of aryl methyl sites for hydroxylation is 2. The van der Waals surface area contributed by atoms with Crippen LogP contribution >= 0.6 is 0 Å². The van der Waals surface area contributed by atoms with E-state index < -0.39 is 17.8 Å². The number of hydrogen-bond donors (Lipinski definition) is 5. The molecule has 4 aromatic carbocycles. The molecule has 2 amide bonds. The van der Waals surface area contributed by atoms with Crippen LogP contribution in [0.2, 0.25) is 0 Å². The third kappa shape index (κ3) is 15.3. The lowest BCUT2D eigenvalue weighted by Gasteiger charge is -2.17. The molecule has 0 saturated carbocycles. The normalized spacial score (nSPS) is 9.61. The molecule has 352 valence electrons. The molecule has 7 aromatic rings. The number of benzene rings is 4. The molecule has 3 aromatic heterocycles. The predicted molar refractivity (Wildman–Crippen MR) is 258 cm³/mol. The van der Waals surface area contributed by atoms with E-state index in [2.05, 4.69) is 42.5 Å². The van der Waals surface area contributed by atoms with Crippen molar-refractivity contribution in [3.8, 4) is 22.3 Å². The molecule has 0 spiro atoms. The van der Waals surface area contributed by atoms with Crippen LogP contribution in [0.5, 0.6) is 0 Å². The Hall–Kier alpha value is -9.43. The van der Waals surface area contributed by atoms with Crippen LogP contribution in [0.4, 0.5) is 22.7 Å². The Morgan fingerprint density at radius 1 is 0.493 bits per heavy atom. The van der Waals surface area contributed by atoms with E-state index in [1.54, 1.807) is 18.3 Å². The molecule has 7 N–H and O–H groups in total. The van der Waals surface area contributed by atoms with E-state index in [-0.39, 0.29) is 35.2 Å². The molecule has 69 heavy (non-hydrogen) atoms. The van der Waals surface area contributed by atoms with Crippen molar-refractivity contribution in [3.63, 3.8) is 0 Å². The minimum Gasteiger partial charge on any atom is -0.477 e. The highest BCUT2D eigenvalue weighted by Gasteiger charge is 2.17. The topological polar surface area (TPSA) is 281 Å². The minimum atomic E-state index is -0.986. The maximum Gasteiger partial charge on any atom is 0.373 e. The second-order valence-corrected chi connectivity index (χ2v) is 14.7. The number of amides is 2. The zero-order chi connectivity index (χ0) is 51.2. The fraction of sp³-hybridized carbons (Fsp3) is 0.135. The van der Waals surface area contributed by atoms with Gasteiger partial charge in [0.05, 0.1) is 12.7 Å². The number of rotatable bonds is 8. The molecule has 0 radical (unpaired) electrons. The number of pyridine rings is 3. The van der Waals surface area contributed by atoms with Crippen molar-refractivity contribution in [3.05, 3.63) is 184 Å². The first-order valence-corrected chi connectivity index (χ1v) is 20.6. The van der Waals surface area contributed by atoms with Crippen LogP contribution in [0.25, 0.3) is 22.3 Å². The first-order chi connectivity index (χ1) is 32.9. The number of nitrogens with two attached hydrogens (primary N) is 2. The number of carboxylic acid groups (broad SMARTS) is 1. The van der Waals surface area contributed by atoms with Crippen LogP contribution in [0.1, 0.15) is 75.2 Å². The second kappa shape index (κ2) is 26.5. The van der Waals surface area contributed by atoms with Crippen LogP contribution in [0.3, 0.4) is 0 Å². The van der Waals surface area contributed by atoms with Crippen molar-refractivity contribution in [1.82, 2.24) is 15.0 Å². The van der Waals surface area contributed by atoms with Gasteiger partial charge in [-0.1, -0.05) is 60.7 Å². The van der Waals surface area contributed by atoms with Gasteiger partial charge in [0.25, 0.3) is 11.8 Å². The van der Waals surface area contributed by atoms with Gasteiger partial charge in [0.2, 0.25) is 0 Å². The van der Waals surface area contributed by atoms with Gasteiger partial charge in [0.1, 0.15) is 17.1 Å². The number of anilines is 4. The summed E-state index contributed by atoms with van der Waals surface area (Å²) in [6, 6.07) is 32.9. The molecular weight excluding hydrogens is 883 g/mol. The van der Waals surface area contributed by atoms with Gasteiger partial charge < -0.3 is 31.9 Å². The first kappa shape index (κ1) is 53.9. The number of nitrogen functional groups attached to an aromatic ring is 2. The third-order valence-electron chi connectivity index (χ3n) is 10.2. The number of ether oxygens (including phenoxy) is 1. The lowest BCUT2D eigenvalue weighted by atomic mass is 9.94. The summed E-state index contributed by atoms with van der Waals surface area (Å²) in [5.74, 6) is -2.20. The Kier molecular flexibility index (Phi) is 20.7. The SMILES string of the molecule is COC(=O)c1ccc(C(=O)Nc2cccc(-c3cccc(NC(=O)c4ccc(C)cn4)c3C)c2C)nc1.Cc1c(N)cccc1-c1cccc(N)c1C.Cc1ccc(C(=O)O)nc1.O=C=O.O=C=O. The van der Waals surface area contributed by atoms with E-state index in [1.165, 1.54) is 37.7 Å². The first-order valence-electron chi connectivity index (χ1n) is 20.6. The molecule has 0 unspecified atom stereocenters. The van der Waals surface area contributed by atoms with Crippen molar-refractivity contribution in [2.45, 2.75) is 41.5 Å². The summed E-state index contributed by atoms with van der Waals surface area (Å²) < 4.78 is 4.66. The van der Waals surface area contributed by atoms with Gasteiger partial charge >= 0.3 is 24.2 Å². The van der Waals surface area contributed by atoms with Gasteiger partial charge in [-0.05, 0) is 146 Å². The largest absolute Gasteiger partial charge is 0.477 e. The molecule has 0 bridgehead atoms. The Balaban J connectivity index is 0.000000320. The average Bonchev–Trinajstić information content (AvgIpc) is 3.33.